The molecule has 0 aliphatic carbocycles. The molecule has 1 unspecified atom stereocenters. The van der Waals surface area contributed by atoms with Gasteiger partial charge in [-0.15, -0.1) is 0 Å². The first-order valence-corrected chi connectivity index (χ1v) is 6.75. The lowest BCUT2D eigenvalue weighted by molar-refractivity contribution is -0.0513. The second-order valence-electron chi connectivity index (χ2n) is 4.54. The highest BCUT2D eigenvalue weighted by Gasteiger charge is 2.24. The number of halogens is 3. The van der Waals surface area contributed by atoms with E-state index in [1.807, 2.05) is 6.07 Å². The number of alkyl halides is 2. The van der Waals surface area contributed by atoms with Crippen molar-refractivity contribution in [2.75, 3.05) is 11.9 Å². The van der Waals surface area contributed by atoms with Gasteiger partial charge in [0.1, 0.15) is 17.6 Å². The number of fused-ring (bicyclic) bond motifs is 1. The van der Waals surface area contributed by atoms with Gasteiger partial charge in [-0.25, -0.2) is 0 Å². The van der Waals surface area contributed by atoms with Gasteiger partial charge in [0.05, 0.1) is 12.2 Å². The van der Waals surface area contributed by atoms with Crippen LogP contribution in [0.2, 0.25) is 5.02 Å². The Morgan fingerprint density at radius 3 is 2.86 bits per heavy atom. The van der Waals surface area contributed by atoms with E-state index < -0.39 is 12.7 Å². The van der Waals surface area contributed by atoms with Gasteiger partial charge in [-0.1, -0.05) is 29.8 Å². The molecular weight excluding hydrogens is 300 g/mol. The fraction of sp³-hybridized carbons (Fsp3) is 0.200. The van der Waals surface area contributed by atoms with Gasteiger partial charge in [0.15, 0.2) is 0 Å². The number of anilines is 1. The zero-order valence-corrected chi connectivity index (χ0v) is 11.6. The fourth-order valence-corrected chi connectivity index (χ4v) is 2.42. The number of rotatable bonds is 3. The highest BCUT2D eigenvalue weighted by molar-refractivity contribution is 6.30. The zero-order valence-electron chi connectivity index (χ0n) is 10.9. The average molecular weight is 312 g/mol. The molecule has 3 rings (SSSR count). The lowest BCUT2D eigenvalue weighted by Crippen LogP contribution is -2.24. The van der Waals surface area contributed by atoms with Crippen LogP contribution in [0.4, 0.5) is 14.5 Å². The third kappa shape index (κ3) is 3.03. The Hall–Kier alpha value is -2.01. The fourth-order valence-electron chi connectivity index (χ4n) is 2.26. The van der Waals surface area contributed by atoms with Crippen LogP contribution < -0.4 is 14.8 Å². The first-order chi connectivity index (χ1) is 10.1. The Labute approximate surface area is 125 Å². The zero-order chi connectivity index (χ0) is 14.8. The quantitative estimate of drug-likeness (QED) is 0.906. The summed E-state index contributed by atoms with van der Waals surface area (Å²) in [5, 5.41) is 3.74. The minimum Gasteiger partial charge on any atom is -0.482 e. The van der Waals surface area contributed by atoms with Crippen molar-refractivity contribution >= 4 is 17.3 Å². The van der Waals surface area contributed by atoms with Crippen LogP contribution in [-0.2, 0) is 0 Å². The minimum atomic E-state index is -2.87. The van der Waals surface area contributed by atoms with Crippen LogP contribution >= 0.6 is 11.6 Å². The van der Waals surface area contributed by atoms with Crippen molar-refractivity contribution in [3.05, 3.63) is 53.1 Å². The topological polar surface area (TPSA) is 30.5 Å². The Morgan fingerprint density at radius 1 is 1.24 bits per heavy atom. The van der Waals surface area contributed by atoms with Crippen LogP contribution in [-0.4, -0.2) is 13.2 Å². The van der Waals surface area contributed by atoms with Crippen LogP contribution in [0.15, 0.2) is 42.5 Å². The second kappa shape index (κ2) is 5.77. The molecule has 1 aliphatic rings. The molecule has 0 bridgehead atoms. The van der Waals surface area contributed by atoms with Crippen LogP contribution in [0.25, 0.3) is 0 Å². The molecule has 1 aliphatic heterocycles. The lowest BCUT2D eigenvalue weighted by Gasteiger charge is -2.28. The van der Waals surface area contributed by atoms with Crippen molar-refractivity contribution in [2.24, 2.45) is 0 Å². The molecule has 110 valence electrons. The maximum atomic E-state index is 12.5. The van der Waals surface area contributed by atoms with Crippen LogP contribution in [0, 0.1) is 0 Å². The van der Waals surface area contributed by atoms with Gasteiger partial charge in [0, 0.05) is 16.7 Å². The van der Waals surface area contributed by atoms with Gasteiger partial charge in [0.2, 0.25) is 0 Å². The highest BCUT2D eigenvalue weighted by Crippen LogP contribution is 2.38. The van der Waals surface area contributed by atoms with Crippen molar-refractivity contribution in [3.63, 3.8) is 0 Å². The summed E-state index contributed by atoms with van der Waals surface area (Å²) in [7, 11) is 0. The predicted octanol–water partition coefficient (Wildman–Crippen LogP) is 4.49. The van der Waals surface area contributed by atoms with E-state index in [9.17, 15) is 8.78 Å². The Morgan fingerprint density at radius 2 is 2.05 bits per heavy atom. The van der Waals surface area contributed by atoms with E-state index in [2.05, 4.69) is 10.1 Å². The molecule has 0 aromatic heterocycles. The Balaban J connectivity index is 1.89. The summed E-state index contributed by atoms with van der Waals surface area (Å²) >= 11 is 5.94. The van der Waals surface area contributed by atoms with Crippen LogP contribution in [0.3, 0.4) is 0 Å². The van der Waals surface area contributed by atoms with Gasteiger partial charge < -0.3 is 14.8 Å². The van der Waals surface area contributed by atoms with E-state index in [1.165, 1.54) is 6.07 Å². The SMILES string of the molecule is FC(F)Oc1ccccc1C1CNc2ccc(Cl)cc2O1. The summed E-state index contributed by atoms with van der Waals surface area (Å²) in [4.78, 5) is 0. The number of hydrogen-bond donors (Lipinski definition) is 1. The highest BCUT2D eigenvalue weighted by atomic mass is 35.5. The first kappa shape index (κ1) is 13.9. The number of hydrogen-bond acceptors (Lipinski definition) is 3. The third-order valence-corrected chi connectivity index (χ3v) is 3.41. The van der Waals surface area contributed by atoms with E-state index in [4.69, 9.17) is 16.3 Å². The van der Waals surface area contributed by atoms with Crippen molar-refractivity contribution in [2.45, 2.75) is 12.7 Å². The largest absolute Gasteiger partial charge is 0.482 e. The van der Waals surface area contributed by atoms with Gasteiger partial charge in [-0.2, -0.15) is 8.78 Å². The molecular formula is C15H12ClF2NO2. The van der Waals surface area contributed by atoms with E-state index in [0.29, 0.717) is 22.9 Å². The molecule has 1 heterocycles. The monoisotopic (exact) mass is 311 g/mol. The number of benzene rings is 2. The summed E-state index contributed by atoms with van der Waals surface area (Å²) in [6.07, 6.45) is -0.425. The Bertz CT molecular complexity index is 651. The molecule has 0 fully saturated rings. The van der Waals surface area contributed by atoms with Crippen molar-refractivity contribution in [1.29, 1.82) is 0 Å². The van der Waals surface area contributed by atoms with Crippen molar-refractivity contribution < 1.29 is 18.3 Å². The summed E-state index contributed by atoms with van der Waals surface area (Å²) < 4.78 is 35.3. The van der Waals surface area contributed by atoms with E-state index >= 15 is 0 Å². The summed E-state index contributed by atoms with van der Waals surface area (Å²) in [6, 6.07) is 11.9. The maximum Gasteiger partial charge on any atom is 0.387 e. The van der Waals surface area contributed by atoms with Gasteiger partial charge in [0.25, 0.3) is 0 Å². The van der Waals surface area contributed by atoms with Crippen molar-refractivity contribution in [3.8, 4) is 11.5 Å². The molecule has 0 amide bonds. The molecule has 21 heavy (non-hydrogen) atoms. The first-order valence-electron chi connectivity index (χ1n) is 6.37. The molecule has 0 radical (unpaired) electrons. The molecule has 1 N–H and O–H groups in total. The minimum absolute atomic E-state index is 0.116. The number of ether oxygens (including phenoxy) is 2. The maximum absolute atomic E-state index is 12.5. The van der Waals surface area contributed by atoms with Crippen LogP contribution in [0.1, 0.15) is 11.7 Å². The lowest BCUT2D eigenvalue weighted by atomic mass is 10.1. The van der Waals surface area contributed by atoms with Gasteiger partial charge in [-0.05, 0) is 18.2 Å². The summed E-state index contributed by atoms with van der Waals surface area (Å²) in [5.41, 5.74) is 1.39. The number of nitrogens with one attached hydrogen (secondary N) is 1. The molecule has 3 nitrogen and oxygen atoms in total. The second-order valence-corrected chi connectivity index (χ2v) is 4.98. The Kier molecular flexibility index (Phi) is 3.84. The van der Waals surface area contributed by atoms with E-state index in [1.54, 1.807) is 30.3 Å². The molecule has 0 spiro atoms. The van der Waals surface area contributed by atoms with Crippen LogP contribution in [0.5, 0.6) is 11.5 Å². The van der Waals surface area contributed by atoms with E-state index in [0.717, 1.165) is 5.69 Å². The molecule has 2 aromatic carbocycles. The van der Waals surface area contributed by atoms with Crippen molar-refractivity contribution in [1.82, 2.24) is 0 Å². The molecule has 0 saturated carbocycles. The standard InChI is InChI=1S/C15H12ClF2NO2/c16-9-5-6-11-13(7-9)20-14(8-19-11)10-3-1-2-4-12(10)21-15(17)18/h1-7,14-15,19H,8H2. The smallest absolute Gasteiger partial charge is 0.387 e. The van der Waals surface area contributed by atoms with Gasteiger partial charge in [-0.3, -0.25) is 0 Å². The van der Waals surface area contributed by atoms with Gasteiger partial charge >= 0.3 is 6.61 Å². The molecule has 2 aromatic rings. The average Bonchev–Trinajstić information content (AvgIpc) is 2.46. The molecule has 1 atom stereocenters. The normalized spacial score (nSPS) is 16.9. The molecule has 0 saturated heterocycles. The third-order valence-electron chi connectivity index (χ3n) is 3.17. The summed E-state index contributed by atoms with van der Waals surface area (Å²) in [5.74, 6) is 0.704. The molecule has 6 heteroatoms. The van der Waals surface area contributed by atoms with E-state index in [-0.39, 0.29) is 5.75 Å². The predicted molar refractivity (Wildman–Crippen MR) is 76.4 cm³/mol. The summed E-state index contributed by atoms with van der Waals surface area (Å²) in [6.45, 7) is -2.41. The number of para-hydroxylation sites is 1.